The third-order valence-corrected chi connectivity index (χ3v) is 5.05. The second kappa shape index (κ2) is 6.73. The summed E-state index contributed by atoms with van der Waals surface area (Å²) in [6, 6.07) is 8.00. The molecule has 0 saturated heterocycles. The van der Waals surface area contributed by atoms with Gasteiger partial charge in [-0.05, 0) is 12.1 Å². The van der Waals surface area contributed by atoms with Gasteiger partial charge in [-0.1, -0.05) is 23.9 Å². The fourth-order valence-corrected chi connectivity index (χ4v) is 3.75. The first-order chi connectivity index (χ1) is 10.3. The predicted molar refractivity (Wildman–Crippen MR) is 85.6 cm³/mol. The van der Waals surface area contributed by atoms with Crippen molar-refractivity contribution < 1.29 is 4.79 Å². The van der Waals surface area contributed by atoms with Crippen molar-refractivity contribution in [2.45, 2.75) is 10.8 Å². The van der Waals surface area contributed by atoms with Gasteiger partial charge in [0.15, 0.2) is 4.34 Å². The van der Waals surface area contributed by atoms with Crippen LogP contribution in [0.3, 0.4) is 0 Å². The van der Waals surface area contributed by atoms with Gasteiger partial charge in [0.1, 0.15) is 0 Å². The van der Waals surface area contributed by atoms with Crippen molar-refractivity contribution in [3.63, 3.8) is 0 Å². The fraction of sp³-hybridized carbons (Fsp3) is 0.214. The second-order valence-corrected chi connectivity index (χ2v) is 6.67. The van der Waals surface area contributed by atoms with Crippen LogP contribution in [0.2, 0.25) is 0 Å². The molecule has 7 heteroatoms. The van der Waals surface area contributed by atoms with Gasteiger partial charge in [-0.15, -0.1) is 11.3 Å². The number of nitrogens with one attached hydrogen (secondary N) is 2. The van der Waals surface area contributed by atoms with Gasteiger partial charge in [0.2, 0.25) is 5.91 Å². The summed E-state index contributed by atoms with van der Waals surface area (Å²) >= 11 is 3.10. The highest BCUT2D eigenvalue weighted by atomic mass is 32.2. The predicted octanol–water partition coefficient (Wildman–Crippen LogP) is 2.47. The lowest BCUT2D eigenvalue weighted by Crippen LogP contribution is -2.27. The number of hydrogen-bond donors (Lipinski definition) is 2. The number of imidazole rings is 1. The number of aromatic nitrogens is 3. The third-order valence-electron chi connectivity index (χ3n) is 2.87. The van der Waals surface area contributed by atoms with Crippen molar-refractivity contribution >= 4 is 39.2 Å². The molecule has 0 aliphatic carbocycles. The summed E-state index contributed by atoms with van der Waals surface area (Å²) < 4.78 is 2.08. The Kier molecular flexibility index (Phi) is 4.52. The molecule has 0 spiro atoms. The van der Waals surface area contributed by atoms with Crippen LogP contribution in [0.1, 0.15) is 5.69 Å². The molecule has 0 bridgehead atoms. The van der Waals surface area contributed by atoms with Gasteiger partial charge >= 0.3 is 0 Å². The van der Waals surface area contributed by atoms with Gasteiger partial charge in [0, 0.05) is 24.9 Å². The molecular formula is C14H14N4OS2. The van der Waals surface area contributed by atoms with Crippen molar-refractivity contribution in [1.29, 1.82) is 0 Å². The molecule has 0 unspecified atom stereocenters. The van der Waals surface area contributed by atoms with E-state index in [9.17, 15) is 4.79 Å². The number of amides is 1. The smallest absolute Gasteiger partial charge is 0.230 e. The van der Waals surface area contributed by atoms with Gasteiger partial charge in [-0.3, -0.25) is 4.79 Å². The maximum atomic E-state index is 11.8. The van der Waals surface area contributed by atoms with Crippen molar-refractivity contribution in [2.75, 3.05) is 12.3 Å². The standard InChI is InChI=1S/C14H14N4OS2/c19-13(16-6-5-10-7-15-9-17-10)8-20-14-18-11-3-1-2-4-12(11)21-14/h1-4,7,9H,5-6,8H2,(H,15,17)(H,16,19). The largest absolute Gasteiger partial charge is 0.355 e. The van der Waals surface area contributed by atoms with Crippen LogP contribution in [0.5, 0.6) is 0 Å². The molecule has 1 amide bonds. The lowest BCUT2D eigenvalue weighted by molar-refractivity contribution is -0.118. The Morgan fingerprint density at radius 3 is 3.10 bits per heavy atom. The molecule has 108 valence electrons. The number of rotatable bonds is 6. The molecule has 0 fully saturated rings. The van der Waals surface area contributed by atoms with Gasteiger partial charge in [0.25, 0.3) is 0 Å². The number of H-pyrrole nitrogens is 1. The topological polar surface area (TPSA) is 70.7 Å². The maximum Gasteiger partial charge on any atom is 0.230 e. The number of thiazole rings is 1. The zero-order chi connectivity index (χ0) is 14.5. The van der Waals surface area contributed by atoms with Crippen molar-refractivity contribution in [2.24, 2.45) is 0 Å². The summed E-state index contributed by atoms with van der Waals surface area (Å²) in [7, 11) is 0. The molecule has 2 N–H and O–H groups in total. The SMILES string of the molecule is O=C(CSc1nc2ccccc2s1)NCCc1cnc[nH]1. The van der Waals surface area contributed by atoms with E-state index in [1.165, 1.54) is 11.8 Å². The number of nitrogens with zero attached hydrogens (tertiary/aromatic N) is 2. The van der Waals surface area contributed by atoms with E-state index in [2.05, 4.69) is 20.3 Å². The Hall–Kier alpha value is -1.86. The molecule has 3 aromatic rings. The van der Waals surface area contributed by atoms with E-state index in [0.717, 1.165) is 26.7 Å². The molecular weight excluding hydrogens is 304 g/mol. The molecule has 5 nitrogen and oxygen atoms in total. The van der Waals surface area contributed by atoms with Gasteiger partial charge in [-0.2, -0.15) is 0 Å². The molecule has 0 aliphatic rings. The lowest BCUT2D eigenvalue weighted by Gasteiger charge is -2.02. The van der Waals surface area contributed by atoms with Crippen LogP contribution in [-0.2, 0) is 11.2 Å². The average molecular weight is 318 g/mol. The van der Waals surface area contributed by atoms with Gasteiger partial charge in [0.05, 0.1) is 22.3 Å². The van der Waals surface area contributed by atoms with Gasteiger partial charge < -0.3 is 10.3 Å². The van der Waals surface area contributed by atoms with E-state index in [-0.39, 0.29) is 5.91 Å². The molecule has 21 heavy (non-hydrogen) atoms. The average Bonchev–Trinajstić information content (AvgIpc) is 3.13. The Labute approximate surface area is 130 Å². The normalized spacial score (nSPS) is 10.9. The van der Waals surface area contributed by atoms with E-state index in [0.29, 0.717) is 12.3 Å². The number of carbonyl (C=O) groups excluding carboxylic acids is 1. The van der Waals surface area contributed by atoms with Crippen LogP contribution in [0.25, 0.3) is 10.2 Å². The second-order valence-electron chi connectivity index (χ2n) is 4.41. The third kappa shape index (κ3) is 3.83. The van der Waals surface area contributed by atoms with E-state index >= 15 is 0 Å². The molecule has 0 saturated carbocycles. The molecule has 0 radical (unpaired) electrons. The molecule has 3 rings (SSSR count). The number of thioether (sulfide) groups is 1. The summed E-state index contributed by atoms with van der Waals surface area (Å²) in [6.45, 7) is 0.613. The number of aromatic amines is 1. The molecule has 1 aromatic carbocycles. The first-order valence-electron chi connectivity index (χ1n) is 6.53. The van der Waals surface area contributed by atoms with E-state index in [1.807, 2.05) is 24.3 Å². The van der Waals surface area contributed by atoms with E-state index in [1.54, 1.807) is 23.9 Å². The first kappa shape index (κ1) is 14.1. The van der Waals surface area contributed by atoms with Crippen LogP contribution in [0.4, 0.5) is 0 Å². The molecule has 0 aliphatic heterocycles. The lowest BCUT2D eigenvalue weighted by atomic mass is 10.3. The highest BCUT2D eigenvalue weighted by Crippen LogP contribution is 2.28. The summed E-state index contributed by atoms with van der Waals surface area (Å²) in [4.78, 5) is 23.2. The Balaban J connectivity index is 1.44. The van der Waals surface area contributed by atoms with Crippen LogP contribution in [0.15, 0.2) is 41.1 Å². The molecule has 2 aromatic heterocycles. The monoisotopic (exact) mass is 318 g/mol. The Bertz CT molecular complexity index is 690. The highest BCUT2D eigenvalue weighted by Gasteiger charge is 2.07. The summed E-state index contributed by atoms with van der Waals surface area (Å²) in [5.74, 6) is 0.418. The fourth-order valence-electron chi connectivity index (χ4n) is 1.85. The number of para-hydroxylation sites is 1. The number of benzene rings is 1. The van der Waals surface area contributed by atoms with E-state index < -0.39 is 0 Å². The Morgan fingerprint density at radius 1 is 1.38 bits per heavy atom. The van der Waals surface area contributed by atoms with Crippen molar-refractivity contribution in [3.8, 4) is 0 Å². The quantitative estimate of drug-likeness (QED) is 0.685. The summed E-state index contributed by atoms with van der Waals surface area (Å²) in [6.07, 6.45) is 4.17. The summed E-state index contributed by atoms with van der Waals surface area (Å²) in [5, 5.41) is 2.89. The van der Waals surface area contributed by atoms with E-state index in [4.69, 9.17) is 0 Å². The van der Waals surface area contributed by atoms with Crippen molar-refractivity contribution in [3.05, 3.63) is 42.5 Å². The van der Waals surface area contributed by atoms with Crippen LogP contribution in [-0.4, -0.2) is 33.2 Å². The molecule has 0 atom stereocenters. The molecule has 2 heterocycles. The van der Waals surface area contributed by atoms with Crippen LogP contribution >= 0.6 is 23.1 Å². The van der Waals surface area contributed by atoms with Crippen molar-refractivity contribution in [1.82, 2.24) is 20.3 Å². The summed E-state index contributed by atoms with van der Waals surface area (Å²) in [5.41, 5.74) is 2.01. The number of fused-ring (bicyclic) bond motifs is 1. The van der Waals surface area contributed by atoms with Gasteiger partial charge in [-0.25, -0.2) is 9.97 Å². The zero-order valence-electron chi connectivity index (χ0n) is 11.2. The van der Waals surface area contributed by atoms with Crippen LogP contribution in [0, 0.1) is 0 Å². The zero-order valence-corrected chi connectivity index (χ0v) is 12.8. The number of hydrogen-bond acceptors (Lipinski definition) is 5. The Morgan fingerprint density at radius 2 is 2.29 bits per heavy atom. The number of carbonyl (C=O) groups is 1. The minimum atomic E-state index is 0.0266. The highest BCUT2D eigenvalue weighted by molar-refractivity contribution is 8.01. The minimum absolute atomic E-state index is 0.0266. The minimum Gasteiger partial charge on any atom is -0.355 e. The maximum absolute atomic E-state index is 11.8. The van der Waals surface area contributed by atoms with Crippen LogP contribution < -0.4 is 5.32 Å². The first-order valence-corrected chi connectivity index (χ1v) is 8.34.